The molecule has 0 saturated heterocycles. The van der Waals surface area contributed by atoms with E-state index in [0.717, 1.165) is 22.5 Å². The molecule has 0 amide bonds. The summed E-state index contributed by atoms with van der Waals surface area (Å²) in [6.45, 7) is 7.14. The molecule has 0 fully saturated rings. The summed E-state index contributed by atoms with van der Waals surface area (Å²) in [5.41, 5.74) is 3.75. The molecule has 0 atom stereocenters. The van der Waals surface area contributed by atoms with Crippen molar-refractivity contribution in [2.45, 2.75) is 33.1 Å². The third-order valence-electron chi connectivity index (χ3n) is 4.15. The molecule has 0 aliphatic heterocycles. The Morgan fingerprint density at radius 1 is 1.17 bits per heavy atom. The first-order chi connectivity index (χ1) is 11.7. The number of anilines is 1. The molecule has 24 heavy (non-hydrogen) atoms. The molecule has 3 rings (SSSR count). The molecule has 1 aromatic carbocycles. The quantitative estimate of drug-likeness (QED) is 0.695. The van der Waals surface area contributed by atoms with E-state index in [4.69, 9.17) is 5.11 Å². The molecule has 0 spiro atoms. The predicted octanol–water partition coefficient (Wildman–Crippen LogP) is 4.45. The summed E-state index contributed by atoms with van der Waals surface area (Å²) in [5.74, 6) is 1.32. The van der Waals surface area contributed by atoms with Crippen molar-refractivity contribution in [3.63, 3.8) is 0 Å². The van der Waals surface area contributed by atoms with Gasteiger partial charge in [0.05, 0.1) is 12.0 Å². The summed E-state index contributed by atoms with van der Waals surface area (Å²) in [5, 5.41) is 13.4. The third-order valence-corrected chi connectivity index (χ3v) is 5.39. The van der Waals surface area contributed by atoms with Gasteiger partial charge >= 0.3 is 0 Å². The second-order valence-electron chi connectivity index (χ2n) is 6.08. The smallest absolute Gasteiger partial charge is 0.138 e. The number of thiophene rings is 1. The van der Waals surface area contributed by atoms with Crippen molar-refractivity contribution in [1.29, 1.82) is 0 Å². The maximum Gasteiger partial charge on any atom is 0.138 e. The van der Waals surface area contributed by atoms with Gasteiger partial charge in [-0.05, 0) is 23.5 Å². The molecule has 0 radical (unpaired) electrons. The minimum absolute atomic E-state index is 0.0781. The van der Waals surface area contributed by atoms with Crippen LogP contribution in [0.4, 0.5) is 5.82 Å². The van der Waals surface area contributed by atoms with E-state index < -0.39 is 0 Å². The normalized spacial score (nSPS) is 11.4. The molecule has 126 valence electrons. The number of aliphatic hydroxyl groups excluding tert-OH is 1. The fourth-order valence-electron chi connectivity index (χ4n) is 2.88. The Morgan fingerprint density at radius 2 is 1.92 bits per heavy atom. The predicted molar refractivity (Wildman–Crippen MR) is 102 cm³/mol. The van der Waals surface area contributed by atoms with Crippen LogP contribution in [0.1, 0.15) is 37.1 Å². The van der Waals surface area contributed by atoms with E-state index in [9.17, 15) is 0 Å². The average Bonchev–Trinajstić information content (AvgIpc) is 2.99. The maximum atomic E-state index is 9.12. The molecule has 2 N–H and O–H groups in total. The van der Waals surface area contributed by atoms with Gasteiger partial charge in [0, 0.05) is 17.0 Å². The number of nitrogens with zero attached hydrogens (tertiary/aromatic N) is 2. The average molecular weight is 341 g/mol. The Labute approximate surface area is 146 Å². The van der Waals surface area contributed by atoms with Crippen LogP contribution in [-0.4, -0.2) is 28.2 Å². The minimum Gasteiger partial charge on any atom is -0.395 e. The largest absolute Gasteiger partial charge is 0.395 e. The van der Waals surface area contributed by atoms with Gasteiger partial charge in [-0.3, -0.25) is 0 Å². The molecular weight excluding hydrogens is 318 g/mol. The summed E-state index contributed by atoms with van der Waals surface area (Å²) in [6.07, 6.45) is 2.55. The lowest BCUT2D eigenvalue weighted by Crippen LogP contribution is -2.07. The number of fused-ring (bicyclic) bond motifs is 1. The Balaban J connectivity index is 2.17. The van der Waals surface area contributed by atoms with Gasteiger partial charge in [0.1, 0.15) is 17.0 Å². The highest BCUT2D eigenvalue weighted by Crippen LogP contribution is 2.41. The summed E-state index contributed by atoms with van der Waals surface area (Å²) in [6, 6.07) is 8.79. The van der Waals surface area contributed by atoms with Crippen LogP contribution in [0.25, 0.3) is 21.3 Å². The summed E-state index contributed by atoms with van der Waals surface area (Å²) >= 11 is 1.72. The van der Waals surface area contributed by atoms with Crippen molar-refractivity contribution in [2.75, 3.05) is 18.5 Å². The van der Waals surface area contributed by atoms with Crippen LogP contribution in [0, 0.1) is 0 Å². The monoisotopic (exact) mass is 341 g/mol. The first-order valence-corrected chi connectivity index (χ1v) is 9.18. The Bertz CT molecular complexity index is 824. The van der Waals surface area contributed by atoms with E-state index in [1.165, 1.54) is 21.6 Å². The summed E-state index contributed by atoms with van der Waals surface area (Å²) in [4.78, 5) is 11.2. The highest BCUT2D eigenvalue weighted by atomic mass is 32.1. The zero-order valence-electron chi connectivity index (χ0n) is 14.3. The number of aryl methyl sites for hydroxylation is 1. The zero-order valence-corrected chi connectivity index (χ0v) is 15.2. The van der Waals surface area contributed by atoms with Crippen LogP contribution in [0.3, 0.4) is 0 Å². The van der Waals surface area contributed by atoms with Gasteiger partial charge < -0.3 is 10.4 Å². The van der Waals surface area contributed by atoms with E-state index in [2.05, 4.69) is 60.3 Å². The van der Waals surface area contributed by atoms with Crippen molar-refractivity contribution in [2.24, 2.45) is 0 Å². The highest BCUT2D eigenvalue weighted by molar-refractivity contribution is 7.19. The number of aliphatic hydroxyl groups is 1. The van der Waals surface area contributed by atoms with Gasteiger partial charge in [-0.25, -0.2) is 9.97 Å². The Morgan fingerprint density at radius 3 is 2.54 bits per heavy atom. The van der Waals surface area contributed by atoms with E-state index in [1.807, 2.05) is 0 Å². The second-order valence-corrected chi connectivity index (χ2v) is 7.17. The molecule has 0 aliphatic rings. The minimum atomic E-state index is 0.0781. The van der Waals surface area contributed by atoms with E-state index in [-0.39, 0.29) is 6.61 Å². The van der Waals surface area contributed by atoms with Gasteiger partial charge in [-0.1, -0.05) is 45.0 Å². The molecule has 2 aromatic heterocycles. The molecule has 4 nitrogen and oxygen atoms in total. The zero-order chi connectivity index (χ0) is 17.1. The van der Waals surface area contributed by atoms with Gasteiger partial charge in [0.25, 0.3) is 0 Å². The number of rotatable bonds is 6. The van der Waals surface area contributed by atoms with Gasteiger partial charge in [-0.2, -0.15) is 0 Å². The van der Waals surface area contributed by atoms with Crippen molar-refractivity contribution in [1.82, 2.24) is 9.97 Å². The van der Waals surface area contributed by atoms with Crippen LogP contribution in [0.15, 0.2) is 30.6 Å². The first-order valence-electron chi connectivity index (χ1n) is 8.37. The third kappa shape index (κ3) is 3.14. The van der Waals surface area contributed by atoms with Gasteiger partial charge in [-0.15, -0.1) is 11.3 Å². The van der Waals surface area contributed by atoms with Gasteiger partial charge in [0.2, 0.25) is 0 Å². The maximum absolute atomic E-state index is 9.12. The molecular formula is C19H23N3OS. The van der Waals surface area contributed by atoms with Gasteiger partial charge in [0.15, 0.2) is 0 Å². The number of nitrogens with one attached hydrogen (secondary N) is 1. The fraction of sp³-hybridized carbons (Fsp3) is 0.368. The number of benzene rings is 1. The lowest BCUT2D eigenvalue weighted by Gasteiger charge is -2.10. The molecule has 2 heterocycles. The molecule has 0 saturated carbocycles. The van der Waals surface area contributed by atoms with Crippen molar-refractivity contribution < 1.29 is 5.11 Å². The second kappa shape index (κ2) is 7.28. The summed E-state index contributed by atoms with van der Waals surface area (Å²) in [7, 11) is 0. The summed E-state index contributed by atoms with van der Waals surface area (Å²) < 4.78 is 0. The van der Waals surface area contributed by atoms with Crippen molar-refractivity contribution >= 4 is 27.4 Å². The van der Waals surface area contributed by atoms with E-state index in [0.29, 0.717) is 12.5 Å². The van der Waals surface area contributed by atoms with Crippen molar-refractivity contribution in [3.05, 3.63) is 41.0 Å². The SMILES string of the molecule is CCc1sc2ncnc(NCCO)c2c1-c1ccc(C(C)C)cc1. The number of hydrogen-bond donors (Lipinski definition) is 2. The molecule has 0 aliphatic carbocycles. The number of aromatic nitrogens is 2. The lowest BCUT2D eigenvalue weighted by atomic mass is 9.97. The Kier molecular flexibility index (Phi) is 5.11. The van der Waals surface area contributed by atoms with Crippen molar-refractivity contribution in [3.8, 4) is 11.1 Å². The topological polar surface area (TPSA) is 58.0 Å². The standard InChI is InChI=1S/C19H23N3OS/c1-4-15-16(14-7-5-13(6-8-14)12(2)3)17-18(20-9-10-23)21-11-22-19(17)24-15/h5-8,11-12,23H,4,9-10H2,1-3H3,(H,20,21,22). The lowest BCUT2D eigenvalue weighted by molar-refractivity contribution is 0.311. The fourth-order valence-corrected chi connectivity index (χ4v) is 3.98. The number of hydrogen-bond acceptors (Lipinski definition) is 5. The molecule has 5 heteroatoms. The Hall–Kier alpha value is -1.98. The molecule has 0 bridgehead atoms. The van der Waals surface area contributed by atoms with E-state index in [1.54, 1.807) is 17.7 Å². The van der Waals surface area contributed by atoms with Crippen LogP contribution in [-0.2, 0) is 6.42 Å². The highest BCUT2D eigenvalue weighted by Gasteiger charge is 2.18. The molecule has 3 aromatic rings. The van der Waals surface area contributed by atoms with Crippen LogP contribution in [0.2, 0.25) is 0 Å². The van der Waals surface area contributed by atoms with E-state index >= 15 is 0 Å². The first kappa shape index (κ1) is 16.9. The molecule has 0 unspecified atom stereocenters. The van der Waals surface area contributed by atoms with Crippen LogP contribution < -0.4 is 5.32 Å². The van der Waals surface area contributed by atoms with Crippen LogP contribution in [0.5, 0.6) is 0 Å². The van der Waals surface area contributed by atoms with Crippen LogP contribution >= 0.6 is 11.3 Å².